The first-order valence-corrected chi connectivity index (χ1v) is 8.71. The summed E-state index contributed by atoms with van der Waals surface area (Å²) in [6.07, 6.45) is 2.80. The summed E-state index contributed by atoms with van der Waals surface area (Å²) >= 11 is 4.98. The second-order valence-corrected chi connectivity index (χ2v) is 6.55. The number of aryl methyl sites for hydroxylation is 3. The fourth-order valence-electron chi connectivity index (χ4n) is 2.46. The van der Waals surface area contributed by atoms with Gasteiger partial charge in [-0.15, -0.1) is 11.3 Å². The van der Waals surface area contributed by atoms with Gasteiger partial charge in [0.1, 0.15) is 0 Å². The summed E-state index contributed by atoms with van der Waals surface area (Å²) < 4.78 is 0.899. The van der Waals surface area contributed by atoms with Crippen molar-refractivity contribution in [3.8, 4) is 0 Å². The first-order valence-electron chi connectivity index (χ1n) is 7.04. The van der Waals surface area contributed by atoms with Gasteiger partial charge in [0.15, 0.2) is 0 Å². The minimum atomic E-state index is 0.156. The molecule has 106 valence electrons. The number of ketones is 1. The number of hydrogen-bond donors (Lipinski definition) is 0. The van der Waals surface area contributed by atoms with E-state index in [1.54, 1.807) is 0 Å². The summed E-state index contributed by atoms with van der Waals surface area (Å²) in [7, 11) is 0. The monoisotopic (exact) mass is 350 g/mol. The molecule has 1 nitrogen and oxygen atoms in total. The molecule has 1 aromatic heterocycles. The Morgan fingerprint density at radius 1 is 1.10 bits per heavy atom. The van der Waals surface area contributed by atoms with Crippen molar-refractivity contribution < 1.29 is 4.79 Å². The topological polar surface area (TPSA) is 17.1 Å². The van der Waals surface area contributed by atoms with Gasteiger partial charge in [-0.3, -0.25) is 4.79 Å². The third kappa shape index (κ3) is 2.89. The van der Waals surface area contributed by atoms with Gasteiger partial charge in [-0.25, -0.2) is 0 Å². The van der Waals surface area contributed by atoms with E-state index in [2.05, 4.69) is 48.8 Å². The molecule has 0 aliphatic carbocycles. The molecule has 0 bridgehead atoms. The normalized spacial score (nSPS) is 10.8. The average molecular weight is 351 g/mol. The van der Waals surface area contributed by atoms with E-state index in [1.165, 1.54) is 28.0 Å². The first kappa shape index (κ1) is 15.5. The Morgan fingerprint density at radius 2 is 1.70 bits per heavy atom. The molecule has 0 fully saturated rings. The maximum Gasteiger partial charge on any atom is 0.204 e. The molecule has 0 N–H and O–H groups in total. The van der Waals surface area contributed by atoms with Gasteiger partial charge < -0.3 is 0 Å². The maximum atomic E-state index is 12.9. The maximum absolute atomic E-state index is 12.9. The van der Waals surface area contributed by atoms with Crippen LogP contribution in [0.15, 0.2) is 28.1 Å². The van der Waals surface area contributed by atoms with Crippen molar-refractivity contribution in [3.63, 3.8) is 0 Å². The molecule has 0 saturated heterocycles. The zero-order valence-electron chi connectivity index (χ0n) is 12.1. The van der Waals surface area contributed by atoms with E-state index in [1.807, 2.05) is 11.4 Å². The van der Waals surface area contributed by atoms with E-state index >= 15 is 0 Å². The van der Waals surface area contributed by atoms with Crippen molar-refractivity contribution >= 4 is 33.0 Å². The highest BCUT2D eigenvalue weighted by Gasteiger charge is 2.20. The van der Waals surface area contributed by atoms with Gasteiger partial charge in [-0.2, -0.15) is 0 Å². The van der Waals surface area contributed by atoms with Crippen LogP contribution < -0.4 is 0 Å². The molecule has 0 spiro atoms. The summed E-state index contributed by atoms with van der Waals surface area (Å²) in [6, 6.07) is 6.32. The van der Waals surface area contributed by atoms with Gasteiger partial charge in [0.2, 0.25) is 5.78 Å². The second-order valence-electron chi connectivity index (χ2n) is 4.78. The van der Waals surface area contributed by atoms with Crippen LogP contribution in [0, 0.1) is 0 Å². The lowest BCUT2D eigenvalue weighted by Crippen LogP contribution is -2.09. The molecule has 0 radical (unpaired) electrons. The minimum Gasteiger partial charge on any atom is -0.288 e. The first-order chi connectivity index (χ1) is 9.62. The van der Waals surface area contributed by atoms with Crippen LogP contribution in [0.2, 0.25) is 0 Å². The quantitative estimate of drug-likeness (QED) is 0.657. The molecular weight excluding hydrogens is 332 g/mol. The highest BCUT2D eigenvalue weighted by Crippen LogP contribution is 2.29. The van der Waals surface area contributed by atoms with E-state index in [4.69, 9.17) is 0 Å². The third-order valence-corrected chi connectivity index (χ3v) is 5.42. The lowest BCUT2D eigenvalue weighted by atomic mass is 9.91. The fraction of sp³-hybridized carbons (Fsp3) is 0.353. The molecule has 0 atom stereocenters. The van der Waals surface area contributed by atoms with Crippen LogP contribution in [0.25, 0.3) is 0 Å². The Bertz CT molecular complexity index is 603. The summed E-state index contributed by atoms with van der Waals surface area (Å²) in [4.78, 5) is 13.7. The van der Waals surface area contributed by atoms with Crippen molar-refractivity contribution in [3.05, 3.63) is 55.2 Å². The minimum absolute atomic E-state index is 0.156. The van der Waals surface area contributed by atoms with Gasteiger partial charge in [0.05, 0.1) is 4.88 Å². The number of halogens is 1. The van der Waals surface area contributed by atoms with Crippen molar-refractivity contribution in [2.75, 3.05) is 0 Å². The van der Waals surface area contributed by atoms with Crippen LogP contribution in [0.3, 0.4) is 0 Å². The number of carbonyl (C=O) groups is 1. The molecule has 0 saturated carbocycles. The lowest BCUT2D eigenvalue weighted by Gasteiger charge is -2.14. The molecule has 1 aromatic carbocycles. The molecule has 2 rings (SSSR count). The Labute approximate surface area is 133 Å². The van der Waals surface area contributed by atoms with Gasteiger partial charge in [-0.1, -0.05) is 32.9 Å². The Morgan fingerprint density at radius 3 is 2.10 bits per heavy atom. The molecule has 0 amide bonds. The molecular formula is C17H19BrOS. The highest BCUT2D eigenvalue weighted by atomic mass is 79.9. The standard InChI is InChI=1S/C17H19BrOS/c1-4-11-9-12(5-2)15(13(6-3)10-11)16(19)17-14(18)7-8-20-17/h7-10H,4-6H2,1-3H3. The van der Waals surface area contributed by atoms with Crippen LogP contribution in [-0.2, 0) is 19.3 Å². The van der Waals surface area contributed by atoms with Crippen molar-refractivity contribution in [2.45, 2.75) is 40.0 Å². The molecule has 1 heterocycles. The van der Waals surface area contributed by atoms with Crippen LogP contribution >= 0.6 is 27.3 Å². The van der Waals surface area contributed by atoms with E-state index in [9.17, 15) is 4.79 Å². The summed E-state index contributed by atoms with van der Waals surface area (Å²) in [5, 5.41) is 1.95. The molecule has 0 aliphatic rings. The Hall–Kier alpha value is -0.930. The average Bonchev–Trinajstić information content (AvgIpc) is 2.91. The van der Waals surface area contributed by atoms with Crippen LogP contribution in [0.1, 0.15) is 52.7 Å². The molecule has 3 heteroatoms. The third-order valence-electron chi connectivity index (χ3n) is 3.58. The molecule has 0 aliphatic heterocycles. The Kier molecular flexibility index (Phi) is 5.17. The fourth-order valence-corrected chi connectivity index (χ4v) is 3.96. The van der Waals surface area contributed by atoms with E-state index in [0.717, 1.165) is 34.2 Å². The predicted octanol–water partition coefficient (Wildman–Crippen LogP) is 5.43. The van der Waals surface area contributed by atoms with Gasteiger partial charge >= 0.3 is 0 Å². The van der Waals surface area contributed by atoms with Crippen molar-refractivity contribution in [2.24, 2.45) is 0 Å². The highest BCUT2D eigenvalue weighted by molar-refractivity contribution is 9.10. The number of carbonyl (C=O) groups excluding carboxylic acids is 1. The zero-order valence-corrected chi connectivity index (χ0v) is 14.5. The van der Waals surface area contributed by atoms with Crippen LogP contribution in [0.4, 0.5) is 0 Å². The predicted molar refractivity (Wildman–Crippen MR) is 90.0 cm³/mol. The second kappa shape index (κ2) is 6.68. The smallest absolute Gasteiger partial charge is 0.204 e. The van der Waals surface area contributed by atoms with Crippen molar-refractivity contribution in [1.82, 2.24) is 0 Å². The summed E-state index contributed by atoms with van der Waals surface area (Å²) in [5.41, 5.74) is 4.58. The largest absolute Gasteiger partial charge is 0.288 e. The van der Waals surface area contributed by atoms with E-state index in [0.29, 0.717) is 0 Å². The molecule has 0 unspecified atom stereocenters. The van der Waals surface area contributed by atoms with E-state index in [-0.39, 0.29) is 5.78 Å². The van der Waals surface area contributed by atoms with Crippen molar-refractivity contribution in [1.29, 1.82) is 0 Å². The van der Waals surface area contributed by atoms with Gasteiger partial charge in [0, 0.05) is 10.0 Å². The van der Waals surface area contributed by atoms with Crippen LogP contribution in [-0.4, -0.2) is 5.78 Å². The number of benzene rings is 1. The van der Waals surface area contributed by atoms with Gasteiger partial charge in [-0.05, 0) is 63.3 Å². The SMILES string of the molecule is CCc1cc(CC)c(C(=O)c2sccc2Br)c(CC)c1. The lowest BCUT2D eigenvalue weighted by molar-refractivity contribution is 0.104. The number of rotatable bonds is 5. The number of thiophene rings is 1. The number of hydrogen-bond acceptors (Lipinski definition) is 2. The summed E-state index contributed by atoms with van der Waals surface area (Å²) in [5.74, 6) is 0.156. The van der Waals surface area contributed by atoms with E-state index < -0.39 is 0 Å². The van der Waals surface area contributed by atoms with Crippen LogP contribution in [0.5, 0.6) is 0 Å². The molecule has 20 heavy (non-hydrogen) atoms. The molecule has 2 aromatic rings. The Balaban J connectivity index is 2.60. The zero-order chi connectivity index (χ0) is 14.7. The van der Waals surface area contributed by atoms with Gasteiger partial charge in [0.25, 0.3) is 0 Å². The summed E-state index contributed by atoms with van der Waals surface area (Å²) in [6.45, 7) is 6.40.